The van der Waals surface area contributed by atoms with Gasteiger partial charge in [0.05, 0.1) is 5.41 Å². The highest BCUT2D eigenvalue weighted by Crippen LogP contribution is 2.36. The highest BCUT2D eigenvalue weighted by Gasteiger charge is 2.46. The number of nitrogens with zero attached hydrogens (tertiary/aromatic N) is 2. The molecule has 20 heavy (non-hydrogen) atoms. The number of carbonyl (C=O) groups is 2. The quantitative estimate of drug-likeness (QED) is 0.816. The highest BCUT2D eigenvalue weighted by atomic mass is 16.4. The van der Waals surface area contributed by atoms with Gasteiger partial charge in [0.25, 0.3) is 0 Å². The fraction of sp³-hybridized carbons (Fsp3) is 0.867. The van der Waals surface area contributed by atoms with Crippen molar-refractivity contribution < 1.29 is 14.7 Å². The molecule has 0 aromatic heterocycles. The Hall–Kier alpha value is -1.26. The molecular formula is C15H28N2O3. The van der Waals surface area contributed by atoms with Crippen LogP contribution in [0.15, 0.2) is 0 Å². The average molecular weight is 284 g/mol. The van der Waals surface area contributed by atoms with E-state index in [0.29, 0.717) is 25.9 Å². The molecule has 1 heterocycles. The lowest BCUT2D eigenvalue weighted by Crippen LogP contribution is -2.47. The van der Waals surface area contributed by atoms with Crippen molar-refractivity contribution in [2.75, 3.05) is 19.6 Å². The van der Waals surface area contributed by atoms with E-state index in [1.54, 1.807) is 4.90 Å². The molecule has 1 aliphatic rings. The number of urea groups is 1. The predicted molar refractivity (Wildman–Crippen MR) is 78.7 cm³/mol. The Bertz CT molecular complexity index is 357. The molecule has 116 valence electrons. The van der Waals surface area contributed by atoms with E-state index in [2.05, 4.69) is 0 Å². The summed E-state index contributed by atoms with van der Waals surface area (Å²) in [6, 6.07) is 0.134. The Morgan fingerprint density at radius 3 is 2.40 bits per heavy atom. The molecule has 2 amide bonds. The van der Waals surface area contributed by atoms with Crippen LogP contribution in [0.3, 0.4) is 0 Å². The minimum Gasteiger partial charge on any atom is -0.481 e. The highest BCUT2D eigenvalue weighted by molar-refractivity contribution is 5.80. The van der Waals surface area contributed by atoms with Gasteiger partial charge in [-0.05, 0) is 33.1 Å². The third-order valence-electron chi connectivity index (χ3n) is 4.14. The van der Waals surface area contributed by atoms with Gasteiger partial charge >= 0.3 is 12.0 Å². The molecule has 1 rings (SSSR count). The van der Waals surface area contributed by atoms with Gasteiger partial charge in [0, 0.05) is 25.7 Å². The van der Waals surface area contributed by atoms with Crippen LogP contribution in [0.4, 0.5) is 4.79 Å². The summed E-state index contributed by atoms with van der Waals surface area (Å²) in [5, 5.41) is 9.49. The number of likely N-dealkylation sites (tertiary alicyclic amines) is 1. The SMILES string of the molecule is CCCN(C(=O)N1CCC(CCC)(C(=O)O)C1)C(C)C. The van der Waals surface area contributed by atoms with Crippen molar-refractivity contribution in [3.63, 3.8) is 0 Å². The van der Waals surface area contributed by atoms with Gasteiger partial charge in [-0.15, -0.1) is 0 Å². The first kappa shape index (κ1) is 16.8. The summed E-state index contributed by atoms with van der Waals surface area (Å²) < 4.78 is 0. The molecule has 0 radical (unpaired) electrons. The van der Waals surface area contributed by atoms with Gasteiger partial charge in [-0.3, -0.25) is 4.79 Å². The summed E-state index contributed by atoms with van der Waals surface area (Å²) in [7, 11) is 0. The van der Waals surface area contributed by atoms with Crippen LogP contribution in [0, 0.1) is 5.41 Å². The first-order valence-corrected chi connectivity index (χ1v) is 7.67. The van der Waals surface area contributed by atoms with E-state index in [4.69, 9.17) is 0 Å². The molecule has 1 atom stereocenters. The maximum absolute atomic E-state index is 12.6. The molecule has 5 nitrogen and oxygen atoms in total. The fourth-order valence-corrected chi connectivity index (χ4v) is 3.00. The average Bonchev–Trinajstić information content (AvgIpc) is 2.81. The third-order valence-corrected chi connectivity index (χ3v) is 4.14. The van der Waals surface area contributed by atoms with Crippen molar-refractivity contribution in [1.82, 2.24) is 9.80 Å². The largest absolute Gasteiger partial charge is 0.481 e. The molecule has 1 saturated heterocycles. The molecule has 0 bridgehead atoms. The van der Waals surface area contributed by atoms with Crippen LogP contribution >= 0.6 is 0 Å². The van der Waals surface area contributed by atoms with E-state index in [0.717, 1.165) is 19.4 Å². The molecular weight excluding hydrogens is 256 g/mol. The Morgan fingerprint density at radius 2 is 1.95 bits per heavy atom. The lowest BCUT2D eigenvalue weighted by Gasteiger charge is -2.32. The van der Waals surface area contributed by atoms with Crippen LogP contribution in [0.5, 0.6) is 0 Å². The maximum atomic E-state index is 12.6. The van der Waals surface area contributed by atoms with E-state index < -0.39 is 11.4 Å². The molecule has 1 N–H and O–H groups in total. The second-order valence-electron chi connectivity index (χ2n) is 6.08. The van der Waals surface area contributed by atoms with Gasteiger partial charge in [0.15, 0.2) is 0 Å². The van der Waals surface area contributed by atoms with E-state index in [9.17, 15) is 14.7 Å². The second-order valence-corrected chi connectivity index (χ2v) is 6.08. The van der Waals surface area contributed by atoms with Crippen molar-refractivity contribution in [3.8, 4) is 0 Å². The standard InChI is InChI=1S/C15H28N2O3/c1-5-7-15(13(18)19)8-10-16(11-15)14(20)17(9-6-2)12(3)4/h12H,5-11H2,1-4H3,(H,18,19). The molecule has 0 aromatic rings. The zero-order chi connectivity index (χ0) is 15.3. The first-order chi connectivity index (χ1) is 9.38. The van der Waals surface area contributed by atoms with Crippen molar-refractivity contribution in [3.05, 3.63) is 0 Å². The van der Waals surface area contributed by atoms with Crippen LogP contribution in [0.25, 0.3) is 0 Å². The van der Waals surface area contributed by atoms with Crippen molar-refractivity contribution in [2.24, 2.45) is 5.41 Å². The number of carbonyl (C=O) groups excluding carboxylic acids is 1. The summed E-state index contributed by atoms with van der Waals surface area (Å²) in [5.74, 6) is -0.763. The van der Waals surface area contributed by atoms with Crippen molar-refractivity contribution in [2.45, 2.75) is 59.4 Å². The number of hydrogen-bond donors (Lipinski definition) is 1. The molecule has 0 aromatic carbocycles. The molecule has 0 spiro atoms. The van der Waals surface area contributed by atoms with Gasteiger partial charge in [-0.1, -0.05) is 20.3 Å². The number of aliphatic carboxylic acids is 1. The number of amides is 2. The minimum atomic E-state index is -0.763. The zero-order valence-corrected chi connectivity index (χ0v) is 13.2. The normalized spacial score (nSPS) is 22.4. The van der Waals surface area contributed by atoms with Crippen LogP contribution in [0.2, 0.25) is 0 Å². The van der Waals surface area contributed by atoms with Gasteiger partial charge in [-0.25, -0.2) is 4.79 Å². The Morgan fingerprint density at radius 1 is 1.30 bits per heavy atom. The van der Waals surface area contributed by atoms with Gasteiger partial charge < -0.3 is 14.9 Å². The van der Waals surface area contributed by atoms with Crippen molar-refractivity contribution >= 4 is 12.0 Å². The molecule has 1 aliphatic heterocycles. The number of carboxylic acids is 1. The van der Waals surface area contributed by atoms with E-state index >= 15 is 0 Å². The first-order valence-electron chi connectivity index (χ1n) is 7.67. The molecule has 0 aliphatic carbocycles. The minimum absolute atomic E-state index is 0.0129. The lowest BCUT2D eigenvalue weighted by atomic mass is 9.83. The summed E-state index contributed by atoms with van der Waals surface area (Å²) in [6.07, 6.45) is 2.95. The van der Waals surface area contributed by atoms with Crippen LogP contribution in [0.1, 0.15) is 53.4 Å². The van der Waals surface area contributed by atoms with Gasteiger partial charge in [0.1, 0.15) is 0 Å². The van der Waals surface area contributed by atoms with E-state index in [-0.39, 0.29) is 12.1 Å². The Balaban J connectivity index is 2.79. The molecule has 0 saturated carbocycles. The Kier molecular flexibility index (Phi) is 5.84. The van der Waals surface area contributed by atoms with Crippen LogP contribution in [-0.2, 0) is 4.79 Å². The topological polar surface area (TPSA) is 60.9 Å². The van der Waals surface area contributed by atoms with E-state index in [1.165, 1.54) is 0 Å². The van der Waals surface area contributed by atoms with Crippen LogP contribution in [-0.4, -0.2) is 52.6 Å². The monoisotopic (exact) mass is 284 g/mol. The number of carboxylic acid groups (broad SMARTS) is 1. The Labute approximate surface area is 121 Å². The van der Waals surface area contributed by atoms with Crippen molar-refractivity contribution in [1.29, 1.82) is 0 Å². The van der Waals surface area contributed by atoms with Crippen LogP contribution < -0.4 is 0 Å². The molecule has 1 fully saturated rings. The summed E-state index contributed by atoms with van der Waals surface area (Å²) in [6.45, 7) is 9.67. The van der Waals surface area contributed by atoms with Gasteiger partial charge in [0.2, 0.25) is 0 Å². The number of rotatable bonds is 6. The number of hydrogen-bond acceptors (Lipinski definition) is 2. The third kappa shape index (κ3) is 3.44. The fourth-order valence-electron chi connectivity index (χ4n) is 3.00. The smallest absolute Gasteiger partial charge is 0.320 e. The summed E-state index contributed by atoms with van der Waals surface area (Å²) >= 11 is 0. The zero-order valence-electron chi connectivity index (χ0n) is 13.2. The molecule has 1 unspecified atom stereocenters. The lowest BCUT2D eigenvalue weighted by molar-refractivity contribution is -0.148. The second kappa shape index (κ2) is 6.95. The van der Waals surface area contributed by atoms with E-state index in [1.807, 2.05) is 32.6 Å². The summed E-state index contributed by atoms with van der Waals surface area (Å²) in [4.78, 5) is 27.7. The predicted octanol–water partition coefficient (Wildman–Crippen LogP) is 2.80. The maximum Gasteiger partial charge on any atom is 0.320 e. The van der Waals surface area contributed by atoms with Gasteiger partial charge in [-0.2, -0.15) is 0 Å². The summed E-state index contributed by atoms with van der Waals surface area (Å²) in [5.41, 5.74) is -0.737. The molecule has 5 heteroatoms.